The highest BCUT2D eigenvalue weighted by Gasteiger charge is 2.24. The van der Waals surface area contributed by atoms with Gasteiger partial charge in [0.05, 0.1) is 0 Å². The Balaban J connectivity index is 2.04. The zero-order valence-corrected chi connectivity index (χ0v) is 12.9. The largest absolute Gasteiger partial charge is 0.271 e. The number of halogens is 1. The fourth-order valence-electron chi connectivity index (χ4n) is 2.09. The molecule has 1 aliphatic rings. The molecule has 0 aliphatic carbocycles. The van der Waals surface area contributed by atoms with Crippen LogP contribution in [0.1, 0.15) is 11.1 Å². The van der Waals surface area contributed by atoms with Crippen LogP contribution in [0.15, 0.2) is 18.2 Å². The second-order valence-corrected chi connectivity index (χ2v) is 7.46. The van der Waals surface area contributed by atoms with Gasteiger partial charge in [0.1, 0.15) is 0 Å². The van der Waals surface area contributed by atoms with E-state index in [0.717, 1.165) is 11.4 Å². The number of nitrogens with one attached hydrogen (secondary N) is 1. The number of nitrogens with two attached hydrogens (primary N) is 1. The fraction of sp³-hybridized carbons (Fsp3) is 0.538. The second kappa shape index (κ2) is 7.06. The monoisotopic (exact) mass is 302 g/mol. The van der Waals surface area contributed by atoms with Crippen LogP contribution in [-0.4, -0.2) is 28.6 Å². The van der Waals surface area contributed by atoms with Crippen molar-refractivity contribution in [1.82, 2.24) is 5.43 Å². The molecule has 0 amide bonds. The van der Waals surface area contributed by atoms with Crippen LogP contribution in [0.5, 0.6) is 0 Å². The van der Waals surface area contributed by atoms with Crippen molar-refractivity contribution < 1.29 is 0 Å². The molecule has 0 bridgehead atoms. The molecule has 0 radical (unpaired) electrons. The third-order valence-electron chi connectivity index (χ3n) is 3.15. The average Bonchev–Trinajstić information content (AvgIpc) is 2.39. The molecule has 5 heteroatoms. The highest BCUT2D eigenvalue weighted by molar-refractivity contribution is 8.06. The number of hydrazine groups is 1. The van der Waals surface area contributed by atoms with Crippen molar-refractivity contribution in [1.29, 1.82) is 0 Å². The third-order valence-corrected chi connectivity index (χ3v) is 6.43. The molecular formula is C13H19ClN2S2. The predicted molar refractivity (Wildman–Crippen MR) is 84.6 cm³/mol. The van der Waals surface area contributed by atoms with E-state index >= 15 is 0 Å². The second-order valence-electron chi connectivity index (χ2n) is 4.56. The van der Waals surface area contributed by atoms with Crippen molar-refractivity contribution in [2.24, 2.45) is 5.84 Å². The molecule has 2 rings (SSSR count). The highest BCUT2D eigenvalue weighted by atomic mass is 35.5. The van der Waals surface area contributed by atoms with Crippen molar-refractivity contribution >= 4 is 35.1 Å². The van der Waals surface area contributed by atoms with Gasteiger partial charge in [-0.3, -0.25) is 11.3 Å². The standard InChI is InChI=1S/C13H19ClN2S2/c1-9-2-3-10(11(14)6-9)7-12(16-15)13-8-17-4-5-18-13/h2-3,6,12-13,16H,4-5,7-8,15H2,1H3. The lowest BCUT2D eigenvalue weighted by Crippen LogP contribution is -2.46. The first-order valence-electron chi connectivity index (χ1n) is 6.11. The molecule has 2 nitrogen and oxygen atoms in total. The zero-order chi connectivity index (χ0) is 13.0. The zero-order valence-electron chi connectivity index (χ0n) is 10.5. The van der Waals surface area contributed by atoms with Gasteiger partial charge in [-0.25, -0.2) is 0 Å². The molecule has 1 heterocycles. The Bertz CT molecular complexity index is 395. The first-order valence-corrected chi connectivity index (χ1v) is 8.69. The summed E-state index contributed by atoms with van der Waals surface area (Å²) in [5.41, 5.74) is 5.35. The molecule has 1 aromatic rings. The van der Waals surface area contributed by atoms with E-state index < -0.39 is 0 Å². The molecule has 100 valence electrons. The Kier molecular flexibility index (Phi) is 5.70. The van der Waals surface area contributed by atoms with Gasteiger partial charge in [0.15, 0.2) is 0 Å². The summed E-state index contributed by atoms with van der Waals surface area (Å²) in [6.45, 7) is 2.06. The summed E-state index contributed by atoms with van der Waals surface area (Å²) in [5, 5.41) is 1.43. The molecule has 1 aromatic carbocycles. The van der Waals surface area contributed by atoms with E-state index in [4.69, 9.17) is 17.4 Å². The highest BCUT2D eigenvalue weighted by Crippen LogP contribution is 2.29. The maximum absolute atomic E-state index is 6.29. The van der Waals surface area contributed by atoms with E-state index in [1.54, 1.807) is 0 Å². The SMILES string of the molecule is Cc1ccc(CC(NN)C2CSCCS2)c(Cl)c1. The van der Waals surface area contributed by atoms with Gasteiger partial charge in [0.25, 0.3) is 0 Å². The van der Waals surface area contributed by atoms with Gasteiger partial charge in [0.2, 0.25) is 0 Å². The summed E-state index contributed by atoms with van der Waals surface area (Å²) in [6.07, 6.45) is 0.897. The van der Waals surface area contributed by atoms with Gasteiger partial charge in [-0.05, 0) is 30.5 Å². The number of aryl methyl sites for hydroxylation is 1. The lowest BCUT2D eigenvalue weighted by atomic mass is 10.0. The van der Waals surface area contributed by atoms with Crippen LogP contribution in [0, 0.1) is 6.92 Å². The number of benzene rings is 1. The summed E-state index contributed by atoms with van der Waals surface area (Å²) in [7, 11) is 0. The Morgan fingerprint density at radius 2 is 2.33 bits per heavy atom. The lowest BCUT2D eigenvalue weighted by Gasteiger charge is -2.29. The van der Waals surface area contributed by atoms with E-state index in [1.165, 1.54) is 28.4 Å². The summed E-state index contributed by atoms with van der Waals surface area (Å²) in [5.74, 6) is 9.36. The van der Waals surface area contributed by atoms with Gasteiger partial charge >= 0.3 is 0 Å². The molecule has 2 atom stereocenters. The molecule has 0 spiro atoms. The van der Waals surface area contributed by atoms with E-state index in [1.807, 2.05) is 29.6 Å². The molecule has 2 unspecified atom stereocenters. The van der Waals surface area contributed by atoms with Crippen molar-refractivity contribution in [2.75, 3.05) is 17.3 Å². The maximum atomic E-state index is 6.29. The van der Waals surface area contributed by atoms with E-state index in [0.29, 0.717) is 11.3 Å². The van der Waals surface area contributed by atoms with Crippen LogP contribution in [0.3, 0.4) is 0 Å². The van der Waals surface area contributed by atoms with Crippen molar-refractivity contribution in [3.05, 3.63) is 34.3 Å². The van der Waals surface area contributed by atoms with Crippen LogP contribution in [0.25, 0.3) is 0 Å². The van der Waals surface area contributed by atoms with E-state index in [-0.39, 0.29) is 0 Å². The van der Waals surface area contributed by atoms with Gasteiger partial charge in [-0.15, -0.1) is 0 Å². The summed E-state index contributed by atoms with van der Waals surface area (Å²) in [4.78, 5) is 0. The minimum absolute atomic E-state index is 0.294. The summed E-state index contributed by atoms with van der Waals surface area (Å²) < 4.78 is 0. The van der Waals surface area contributed by atoms with Gasteiger partial charge < -0.3 is 0 Å². The molecule has 1 aliphatic heterocycles. The molecule has 0 aromatic heterocycles. The van der Waals surface area contributed by atoms with Crippen LogP contribution >= 0.6 is 35.1 Å². The molecule has 0 saturated carbocycles. The van der Waals surface area contributed by atoms with Gasteiger partial charge in [-0.2, -0.15) is 23.5 Å². The van der Waals surface area contributed by atoms with Crippen LogP contribution < -0.4 is 11.3 Å². The number of hydrogen-bond donors (Lipinski definition) is 2. The number of rotatable bonds is 4. The van der Waals surface area contributed by atoms with Gasteiger partial charge in [-0.1, -0.05) is 23.7 Å². The normalized spacial score (nSPS) is 21.8. The lowest BCUT2D eigenvalue weighted by molar-refractivity contribution is 0.523. The number of hydrogen-bond acceptors (Lipinski definition) is 4. The Labute approximate surface area is 122 Å². The van der Waals surface area contributed by atoms with Crippen LogP contribution in [-0.2, 0) is 6.42 Å². The maximum Gasteiger partial charge on any atom is 0.0441 e. The van der Waals surface area contributed by atoms with E-state index in [2.05, 4.69) is 24.5 Å². The summed E-state index contributed by atoms with van der Waals surface area (Å²) in [6, 6.07) is 6.54. The first-order chi connectivity index (χ1) is 8.70. The molecule has 18 heavy (non-hydrogen) atoms. The Morgan fingerprint density at radius 3 is 2.94 bits per heavy atom. The molecule has 1 fully saturated rings. The third kappa shape index (κ3) is 3.81. The van der Waals surface area contributed by atoms with E-state index in [9.17, 15) is 0 Å². The summed E-state index contributed by atoms with van der Waals surface area (Å²) >= 11 is 10.3. The van der Waals surface area contributed by atoms with Crippen molar-refractivity contribution in [3.8, 4) is 0 Å². The molecule has 1 saturated heterocycles. The minimum Gasteiger partial charge on any atom is -0.271 e. The molecular weight excluding hydrogens is 284 g/mol. The Morgan fingerprint density at radius 1 is 1.50 bits per heavy atom. The number of thioether (sulfide) groups is 2. The van der Waals surface area contributed by atoms with Crippen LogP contribution in [0.2, 0.25) is 5.02 Å². The minimum atomic E-state index is 0.294. The van der Waals surface area contributed by atoms with Crippen molar-refractivity contribution in [2.45, 2.75) is 24.6 Å². The Hall–Kier alpha value is 0.130. The first kappa shape index (κ1) is 14.5. The fourth-order valence-corrected chi connectivity index (χ4v) is 5.27. The van der Waals surface area contributed by atoms with Gasteiger partial charge in [0, 0.05) is 33.6 Å². The predicted octanol–water partition coefficient (Wildman–Crippen LogP) is 2.87. The average molecular weight is 303 g/mol. The topological polar surface area (TPSA) is 38.0 Å². The van der Waals surface area contributed by atoms with Crippen molar-refractivity contribution in [3.63, 3.8) is 0 Å². The molecule has 3 N–H and O–H groups in total. The van der Waals surface area contributed by atoms with Crippen LogP contribution in [0.4, 0.5) is 0 Å². The quantitative estimate of drug-likeness (QED) is 0.662. The smallest absolute Gasteiger partial charge is 0.0441 e.